The Hall–Kier alpha value is -3.91. The Labute approximate surface area is 176 Å². The van der Waals surface area contributed by atoms with Crippen LogP contribution in [0.25, 0.3) is 10.2 Å². The molecule has 0 aliphatic heterocycles. The lowest BCUT2D eigenvalue weighted by Crippen LogP contribution is -2.20. The Morgan fingerprint density at radius 3 is 2.53 bits per heavy atom. The number of benzene rings is 3. The number of carbonyl (C=O) groups excluding carboxylic acids is 2. The quantitative estimate of drug-likeness (QED) is 0.467. The molecule has 0 bridgehead atoms. The first-order chi connectivity index (χ1) is 14.6. The van der Waals surface area contributed by atoms with Crippen molar-refractivity contribution in [1.82, 2.24) is 4.98 Å². The highest BCUT2D eigenvalue weighted by atomic mass is 32.1. The van der Waals surface area contributed by atoms with Crippen LogP contribution in [0.3, 0.4) is 0 Å². The summed E-state index contributed by atoms with van der Waals surface area (Å²) < 4.78 is 12.1. The number of primary amides is 1. The van der Waals surface area contributed by atoms with Gasteiger partial charge in [0.15, 0.2) is 11.7 Å². The highest BCUT2D eigenvalue weighted by molar-refractivity contribution is 7.22. The first kappa shape index (κ1) is 19.4. The van der Waals surface area contributed by atoms with E-state index in [9.17, 15) is 9.59 Å². The van der Waals surface area contributed by atoms with Crippen molar-refractivity contribution in [2.45, 2.75) is 0 Å². The summed E-state index contributed by atoms with van der Waals surface area (Å²) in [4.78, 5) is 27.8. The molecule has 1 heterocycles. The zero-order valence-electron chi connectivity index (χ0n) is 15.7. The minimum Gasteiger partial charge on any atom is -0.484 e. The first-order valence-electron chi connectivity index (χ1n) is 9.03. The zero-order chi connectivity index (χ0) is 20.9. The maximum atomic E-state index is 12.2. The number of fused-ring (bicyclic) bond motifs is 1. The van der Waals surface area contributed by atoms with Gasteiger partial charge in [-0.05, 0) is 42.5 Å². The fourth-order valence-electron chi connectivity index (χ4n) is 2.69. The smallest absolute Gasteiger partial charge is 0.264 e. The Balaban J connectivity index is 1.39. The second kappa shape index (κ2) is 8.62. The van der Waals surface area contributed by atoms with E-state index < -0.39 is 5.91 Å². The van der Waals surface area contributed by atoms with Gasteiger partial charge in [-0.2, -0.15) is 0 Å². The molecule has 3 aromatic carbocycles. The molecule has 0 fully saturated rings. The number of rotatable bonds is 7. The van der Waals surface area contributed by atoms with Crippen LogP contribution in [0.1, 0.15) is 10.4 Å². The van der Waals surface area contributed by atoms with Gasteiger partial charge in [-0.15, -0.1) is 0 Å². The molecule has 7 nitrogen and oxygen atoms in total. The Kier molecular flexibility index (Phi) is 5.58. The van der Waals surface area contributed by atoms with Crippen LogP contribution in [0, 0.1) is 0 Å². The molecule has 0 aliphatic rings. The Morgan fingerprint density at radius 1 is 0.933 bits per heavy atom. The maximum Gasteiger partial charge on any atom is 0.264 e. The maximum absolute atomic E-state index is 12.2. The molecular formula is C22H17N3O4S. The van der Waals surface area contributed by atoms with E-state index in [1.807, 2.05) is 48.5 Å². The third-order valence-corrected chi connectivity index (χ3v) is 5.01. The van der Waals surface area contributed by atoms with Crippen molar-refractivity contribution in [2.24, 2.45) is 5.73 Å². The second-order valence-electron chi connectivity index (χ2n) is 6.29. The molecule has 30 heavy (non-hydrogen) atoms. The van der Waals surface area contributed by atoms with E-state index in [-0.39, 0.29) is 12.5 Å². The van der Waals surface area contributed by atoms with Crippen molar-refractivity contribution in [3.8, 4) is 17.2 Å². The molecule has 3 N–H and O–H groups in total. The third kappa shape index (κ3) is 4.73. The molecule has 1 aromatic heterocycles. The molecule has 8 heteroatoms. The van der Waals surface area contributed by atoms with Crippen LogP contribution < -0.4 is 20.5 Å². The average Bonchev–Trinajstić information content (AvgIpc) is 3.14. The number of nitrogens with one attached hydrogen (secondary N) is 1. The van der Waals surface area contributed by atoms with E-state index in [1.54, 1.807) is 18.2 Å². The van der Waals surface area contributed by atoms with Crippen LogP contribution in [-0.4, -0.2) is 23.4 Å². The Morgan fingerprint density at radius 2 is 1.73 bits per heavy atom. The number of carbonyl (C=O) groups is 2. The number of amides is 2. The van der Waals surface area contributed by atoms with Gasteiger partial charge in [0.2, 0.25) is 5.91 Å². The summed E-state index contributed by atoms with van der Waals surface area (Å²) >= 11 is 1.34. The van der Waals surface area contributed by atoms with Crippen molar-refractivity contribution in [1.29, 1.82) is 0 Å². The van der Waals surface area contributed by atoms with Crippen LogP contribution >= 0.6 is 11.3 Å². The lowest BCUT2D eigenvalue weighted by molar-refractivity contribution is -0.118. The van der Waals surface area contributed by atoms with Gasteiger partial charge in [-0.1, -0.05) is 35.6 Å². The normalized spacial score (nSPS) is 10.5. The molecule has 0 spiro atoms. The standard InChI is InChI=1S/C22H17N3O4S/c23-21(27)14-5-4-8-16(11-14)28-13-20(26)25-22-24-18-10-9-17(12-19(18)30-22)29-15-6-2-1-3-7-15/h1-12H,13H2,(H2,23,27)(H,24,25,26). The van der Waals surface area contributed by atoms with E-state index in [0.717, 1.165) is 16.0 Å². The third-order valence-electron chi connectivity index (χ3n) is 4.07. The van der Waals surface area contributed by atoms with Gasteiger partial charge in [-0.3, -0.25) is 14.9 Å². The van der Waals surface area contributed by atoms with Gasteiger partial charge in [0.05, 0.1) is 10.2 Å². The number of aromatic nitrogens is 1. The van der Waals surface area contributed by atoms with Gasteiger partial charge in [-0.25, -0.2) is 4.98 Å². The van der Waals surface area contributed by atoms with E-state index in [2.05, 4.69) is 10.3 Å². The van der Waals surface area contributed by atoms with Crippen LogP contribution in [0.5, 0.6) is 17.2 Å². The number of para-hydroxylation sites is 1. The lowest BCUT2D eigenvalue weighted by Gasteiger charge is -2.06. The zero-order valence-corrected chi connectivity index (χ0v) is 16.5. The fourth-order valence-corrected chi connectivity index (χ4v) is 3.60. The molecule has 0 saturated carbocycles. The largest absolute Gasteiger partial charge is 0.484 e. The molecule has 0 aliphatic carbocycles. The summed E-state index contributed by atoms with van der Waals surface area (Å²) in [5.74, 6) is 0.892. The summed E-state index contributed by atoms with van der Waals surface area (Å²) in [6.45, 7) is -0.222. The van der Waals surface area contributed by atoms with E-state index in [1.165, 1.54) is 17.4 Å². The summed E-state index contributed by atoms with van der Waals surface area (Å²) in [5, 5.41) is 3.18. The molecule has 4 rings (SSSR count). The van der Waals surface area contributed by atoms with Crippen molar-refractivity contribution in [2.75, 3.05) is 11.9 Å². The number of ether oxygens (including phenoxy) is 2. The summed E-state index contributed by atoms with van der Waals surface area (Å²) in [5.41, 5.74) is 6.31. The average molecular weight is 419 g/mol. The van der Waals surface area contributed by atoms with E-state index in [4.69, 9.17) is 15.2 Å². The number of hydrogen-bond donors (Lipinski definition) is 2. The lowest BCUT2D eigenvalue weighted by atomic mass is 10.2. The van der Waals surface area contributed by atoms with Gasteiger partial charge in [0, 0.05) is 11.6 Å². The fraction of sp³-hybridized carbons (Fsp3) is 0.0455. The topological polar surface area (TPSA) is 104 Å². The van der Waals surface area contributed by atoms with Gasteiger partial charge < -0.3 is 15.2 Å². The SMILES string of the molecule is NC(=O)c1cccc(OCC(=O)Nc2nc3ccc(Oc4ccccc4)cc3s2)c1. The Bertz CT molecular complexity index is 1210. The number of thiazole rings is 1. The predicted octanol–water partition coefficient (Wildman–Crippen LogP) is 4.21. The number of anilines is 1. The molecule has 0 radical (unpaired) electrons. The molecule has 2 amide bonds. The summed E-state index contributed by atoms with van der Waals surface area (Å²) in [6.07, 6.45) is 0. The van der Waals surface area contributed by atoms with Crippen molar-refractivity contribution >= 4 is 38.5 Å². The minimum absolute atomic E-state index is 0.222. The monoisotopic (exact) mass is 419 g/mol. The van der Waals surface area contributed by atoms with Crippen molar-refractivity contribution in [3.05, 3.63) is 78.4 Å². The summed E-state index contributed by atoms with van der Waals surface area (Å²) in [7, 11) is 0. The molecule has 0 unspecified atom stereocenters. The van der Waals surface area contributed by atoms with Crippen LogP contribution in [0.15, 0.2) is 72.8 Å². The van der Waals surface area contributed by atoms with Crippen molar-refractivity contribution < 1.29 is 19.1 Å². The minimum atomic E-state index is -0.560. The van der Waals surface area contributed by atoms with Crippen LogP contribution in [0.2, 0.25) is 0 Å². The second-order valence-corrected chi connectivity index (χ2v) is 7.32. The summed E-state index contributed by atoms with van der Waals surface area (Å²) in [6, 6.07) is 21.4. The highest BCUT2D eigenvalue weighted by Crippen LogP contribution is 2.31. The molecular weight excluding hydrogens is 402 g/mol. The van der Waals surface area contributed by atoms with Crippen LogP contribution in [0.4, 0.5) is 5.13 Å². The van der Waals surface area contributed by atoms with E-state index >= 15 is 0 Å². The van der Waals surface area contributed by atoms with Crippen LogP contribution in [-0.2, 0) is 4.79 Å². The van der Waals surface area contributed by atoms with E-state index in [0.29, 0.717) is 22.2 Å². The molecule has 0 saturated heterocycles. The van der Waals surface area contributed by atoms with Gasteiger partial charge in [0.1, 0.15) is 17.2 Å². The first-order valence-corrected chi connectivity index (χ1v) is 9.84. The number of hydrogen-bond acceptors (Lipinski definition) is 6. The molecule has 150 valence electrons. The van der Waals surface area contributed by atoms with Gasteiger partial charge in [0.25, 0.3) is 5.91 Å². The number of nitrogens with two attached hydrogens (primary N) is 1. The number of nitrogens with zero attached hydrogens (tertiary/aromatic N) is 1. The van der Waals surface area contributed by atoms with Gasteiger partial charge >= 0.3 is 0 Å². The highest BCUT2D eigenvalue weighted by Gasteiger charge is 2.10. The molecule has 4 aromatic rings. The van der Waals surface area contributed by atoms with Crippen molar-refractivity contribution in [3.63, 3.8) is 0 Å². The molecule has 0 atom stereocenters. The predicted molar refractivity (Wildman–Crippen MR) is 115 cm³/mol.